The fourth-order valence-corrected chi connectivity index (χ4v) is 2.16. The van der Waals surface area contributed by atoms with Crippen LogP contribution in [0.1, 0.15) is 18.4 Å². The smallest absolute Gasteiger partial charge is 0.221 e. The van der Waals surface area contributed by atoms with Crippen LogP contribution in [0.2, 0.25) is 0 Å². The van der Waals surface area contributed by atoms with E-state index >= 15 is 0 Å². The van der Waals surface area contributed by atoms with Gasteiger partial charge in [0.25, 0.3) is 0 Å². The van der Waals surface area contributed by atoms with Crippen LogP contribution in [-0.4, -0.2) is 48.2 Å². The highest BCUT2D eigenvalue weighted by Crippen LogP contribution is 2.15. The Morgan fingerprint density at radius 3 is 2.88 bits per heavy atom. The van der Waals surface area contributed by atoms with Gasteiger partial charge >= 0.3 is 0 Å². The molecule has 0 aromatic carbocycles. The summed E-state index contributed by atoms with van der Waals surface area (Å²) < 4.78 is 0. The van der Waals surface area contributed by atoms with Crippen molar-refractivity contribution in [2.24, 2.45) is 0 Å². The highest BCUT2D eigenvalue weighted by molar-refractivity contribution is 7.15. The van der Waals surface area contributed by atoms with Gasteiger partial charge in [-0.05, 0) is 14.0 Å². The average Bonchev–Trinajstić information content (AvgIpc) is 2.74. The number of aromatic nitrogens is 2. The summed E-state index contributed by atoms with van der Waals surface area (Å²) in [5, 5.41) is 15.6. The maximum atomic E-state index is 11.1. The lowest BCUT2D eigenvalue weighted by atomic mass is 10.4. The molecule has 0 aliphatic heterocycles. The number of hydrogen-bond acceptors (Lipinski definition) is 6. The molecule has 1 aromatic heterocycles. The van der Waals surface area contributed by atoms with Crippen LogP contribution in [0.25, 0.3) is 0 Å². The zero-order chi connectivity index (χ0) is 12.7. The van der Waals surface area contributed by atoms with Crippen LogP contribution in [0.4, 0.5) is 5.13 Å². The van der Waals surface area contributed by atoms with E-state index in [4.69, 9.17) is 0 Å². The second kappa shape index (κ2) is 7.18. The Labute approximate surface area is 105 Å². The Balaban J connectivity index is 2.34. The highest BCUT2D eigenvalue weighted by atomic mass is 32.1. The second-order valence-corrected chi connectivity index (χ2v) is 4.75. The van der Waals surface area contributed by atoms with Crippen LogP contribution in [0.15, 0.2) is 0 Å². The number of anilines is 1. The molecule has 6 nitrogen and oxygen atoms in total. The van der Waals surface area contributed by atoms with Crippen molar-refractivity contribution in [3.8, 4) is 0 Å². The minimum atomic E-state index is 0.0578. The van der Waals surface area contributed by atoms with E-state index in [9.17, 15) is 4.79 Å². The number of hydrogen-bond donors (Lipinski definition) is 2. The molecule has 7 heteroatoms. The summed E-state index contributed by atoms with van der Waals surface area (Å²) in [5.41, 5.74) is 0. The Hall–Kier alpha value is -1.21. The molecule has 0 aliphatic carbocycles. The third kappa shape index (κ3) is 5.10. The van der Waals surface area contributed by atoms with Gasteiger partial charge in [0.15, 0.2) is 0 Å². The number of amides is 1. The van der Waals surface area contributed by atoms with Gasteiger partial charge in [-0.15, -0.1) is 10.2 Å². The van der Waals surface area contributed by atoms with Gasteiger partial charge in [0.05, 0.1) is 6.54 Å². The van der Waals surface area contributed by atoms with Crippen LogP contribution < -0.4 is 10.6 Å². The molecule has 96 valence electrons. The number of nitrogens with one attached hydrogen (secondary N) is 2. The van der Waals surface area contributed by atoms with E-state index < -0.39 is 0 Å². The summed E-state index contributed by atoms with van der Waals surface area (Å²) in [6.07, 6.45) is 0.506. The van der Waals surface area contributed by atoms with Crippen molar-refractivity contribution < 1.29 is 4.79 Å². The minimum absolute atomic E-state index is 0.0578. The van der Waals surface area contributed by atoms with Gasteiger partial charge in [-0.2, -0.15) is 0 Å². The predicted molar refractivity (Wildman–Crippen MR) is 69.1 cm³/mol. The Kier molecular flexibility index (Phi) is 5.85. The quantitative estimate of drug-likeness (QED) is 0.746. The molecular formula is C10H19N5OS. The van der Waals surface area contributed by atoms with E-state index in [0.717, 1.165) is 29.8 Å². The molecule has 0 saturated heterocycles. The van der Waals surface area contributed by atoms with Crippen molar-refractivity contribution in [1.29, 1.82) is 0 Å². The van der Waals surface area contributed by atoms with Crippen molar-refractivity contribution in [2.75, 3.05) is 32.5 Å². The largest absolute Gasteiger partial charge is 0.360 e. The maximum absolute atomic E-state index is 11.1. The number of nitrogens with zero attached hydrogens (tertiary/aromatic N) is 3. The predicted octanol–water partition coefficient (Wildman–Crippen LogP) is 0.538. The molecule has 1 heterocycles. The van der Waals surface area contributed by atoms with Gasteiger partial charge in [0.2, 0.25) is 11.0 Å². The summed E-state index contributed by atoms with van der Waals surface area (Å²) in [4.78, 5) is 13.1. The molecule has 0 aliphatic rings. The van der Waals surface area contributed by atoms with Crippen LogP contribution in [0.5, 0.6) is 0 Å². The lowest BCUT2D eigenvalue weighted by Gasteiger charge is -2.13. The molecule has 0 fully saturated rings. The van der Waals surface area contributed by atoms with Crippen molar-refractivity contribution in [2.45, 2.75) is 19.9 Å². The minimum Gasteiger partial charge on any atom is -0.360 e. The lowest BCUT2D eigenvalue weighted by molar-refractivity contribution is -0.120. The number of carbonyl (C=O) groups is 1. The zero-order valence-electron chi connectivity index (χ0n) is 10.5. The molecule has 0 unspecified atom stereocenters. The van der Waals surface area contributed by atoms with Gasteiger partial charge in [-0.25, -0.2) is 0 Å². The summed E-state index contributed by atoms with van der Waals surface area (Å²) >= 11 is 1.55. The second-order valence-electron chi connectivity index (χ2n) is 3.69. The molecule has 1 rings (SSSR count). The molecular weight excluding hydrogens is 238 g/mol. The monoisotopic (exact) mass is 257 g/mol. The molecule has 1 amide bonds. The Bertz CT molecular complexity index is 354. The molecule has 0 saturated carbocycles. The fourth-order valence-electron chi connectivity index (χ4n) is 1.27. The summed E-state index contributed by atoms with van der Waals surface area (Å²) in [7, 11) is 3.62. The molecule has 0 bridgehead atoms. The van der Waals surface area contributed by atoms with Gasteiger partial charge in [0, 0.05) is 26.6 Å². The highest BCUT2D eigenvalue weighted by Gasteiger charge is 2.07. The van der Waals surface area contributed by atoms with Crippen LogP contribution >= 0.6 is 11.3 Å². The van der Waals surface area contributed by atoms with Gasteiger partial charge in [-0.1, -0.05) is 11.3 Å². The molecule has 17 heavy (non-hydrogen) atoms. The molecule has 0 spiro atoms. The van der Waals surface area contributed by atoms with E-state index in [0.29, 0.717) is 6.42 Å². The molecule has 2 N–H and O–H groups in total. The van der Waals surface area contributed by atoms with E-state index in [1.54, 1.807) is 18.4 Å². The average molecular weight is 257 g/mol. The number of carbonyl (C=O) groups excluding carboxylic acids is 1. The SMILES string of the molecule is CCNc1nnc(CN(C)CCC(=O)NC)s1. The van der Waals surface area contributed by atoms with Gasteiger partial charge in [-0.3, -0.25) is 9.69 Å². The summed E-state index contributed by atoms with van der Waals surface area (Å²) in [6.45, 7) is 4.31. The third-order valence-corrected chi connectivity index (χ3v) is 3.07. The van der Waals surface area contributed by atoms with E-state index in [1.807, 2.05) is 14.0 Å². The van der Waals surface area contributed by atoms with Crippen LogP contribution in [0.3, 0.4) is 0 Å². The van der Waals surface area contributed by atoms with E-state index in [2.05, 4.69) is 25.7 Å². The van der Waals surface area contributed by atoms with Gasteiger partial charge in [0.1, 0.15) is 5.01 Å². The Morgan fingerprint density at radius 2 is 2.24 bits per heavy atom. The molecule has 0 radical (unpaired) electrons. The first-order valence-corrected chi connectivity index (χ1v) is 6.42. The van der Waals surface area contributed by atoms with Crippen molar-refractivity contribution in [1.82, 2.24) is 20.4 Å². The molecule has 0 atom stereocenters. The summed E-state index contributed by atoms with van der Waals surface area (Å²) in [5.74, 6) is 0.0578. The van der Waals surface area contributed by atoms with Crippen molar-refractivity contribution in [3.05, 3.63) is 5.01 Å². The standard InChI is InChI=1S/C10H19N5OS/c1-4-12-10-14-13-9(17-10)7-15(3)6-5-8(16)11-2/h4-7H2,1-3H3,(H,11,16)(H,12,14). The fraction of sp³-hybridized carbons (Fsp3) is 0.700. The maximum Gasteiger partial charge on any atom is 0.221 e. The zero-order valence-corrected chi connectivity index (χ0v) is 11.3. The third-order valence-electron chi connectivity index (χ3n) is 2.20. The van der Waals surface area contributed by atoms with E-state index in [1.165, 1.54) is 0 Å². The number of rotatable bonds is 7. The van der Waals surface area contributed by atoms with Gasteiger partial charge < -0.3 is 10.6 Å². The van der Waals surface area contributed by atoms with E-state index in [-0.39, 0.29) is 5.91 Å². The molecule has 1 aromatic rings. The first-order chi connectivity index (χ1) is 8.15. The first kappa shape index (κ1) is 13.9. The normalized spacial score (nSPS) is 10.6. The topological polar surface area (TPSA) is 70.2 Å². The van der Waals surface area contributed by atoms with Crippen LogP contribution in [0, 0.1) is 0 Å². The lowest BCUT2D eigenvalue weighted by Crippen LogP contribution is -2.26. The van der Waals surface area contributed by atoms with Crippen molar-refractivity contribution in [3.63, 3.8) is 0 Å². The Morgan fingerprint density at radius 1 is 1.47 bits per heavy atom. The van der Waals surface area contributed by atoms with Crippen LogP contribution in [-0.2, 0) is 11.3 Å². The first-order valence-electron chi connectivity index (χ1n) is 5.61. The van der Waals surface area contributed by atoms with Crippen molar-refractivity contribution >= 4 is 22.4 Å². The summed E-state index contributed by atoms with van der Waals surface area (Å²) in [6, 6.07) is 0.